The fourth-order valence-corrected chi connectivity index (χ4v) is 2.20. The molecule has 1 unspecified atom stereocenters. The predicted octanol–water partition coefficient (Wildman–Crippen LogP) is 0.342. The molecule has 5 atom stereocenters. The molecule has 1 fully saturated rings. The zero-order valence-electron chi connectivity index (χ0n) is 13.5. The second kappa shape index (κ2) is 9.42. The standard InChI is InChI=1S/C15H28O7/c1-4-5-6-7-11(16)20-8-10-12(17)13(18)14(19)15(22-10)21-9(2)3/h9-10,12-15,17-19H,4-8H2,1-3H3/t10-,12-,13+,14-,15?/m1/s1. The largest absolute Gasteiger partial charge is 0.463 e. The van der Waals surface area contributed by atoms with Gasteiger partial charge in [-0.05, 0) is 20.3 Å². The highest BCUT2D eigenvalue weighted by molar-refractivity contribution is 5.69. The maximum absolute atomic E-state index is 11.6. The van der Waals surface area contributed by atoms with Crippen LogP contribution in [-0.2, 0) is 19.0 Å². The summed E-state index contributed by atoms with van der Waals surface area (Å²) in [5.41, 5.74) is 0. The van der Waals surface area contributed by atoms with Crippen molar-refractivity contribution in [2.45, 2.75) is 83.3 Å². The first kappa shape index (κ1) is 19.3. The molecule has 1 heterocycles. The molecule has 0 aromatic carbocycles. The summed E-state index contributed by atoms with van der Waals surface area (Å²) in [6, 6.07) is 0. The molecule has 0 bridgehead atoms. The van der Waals surface area contributed by atoms with Crippen LogP contribution in [0.15, 0.2) is 0 Å². The van der Waals surface area contributed by atoms with E-state index in [-0.39, 0.29) is 18.7 Å². The SMILES string of the molecule is CCCCCC(=O)OC[C@H]1OC(OC(C)C)[C@H](O)[C@@H](O)[C@@H]1O. The summed E-state index contributed by atoms with van der Waals surface area (Å²) in [5.74, 6) is -0.369. The minimum Gasteiger partial charge on any atom is -0.463 e. The van der Waals surface area contributed by atoms with Gasteiger partial charge in [-0.3, -0.25) is 4.79 Å². The van der Waals surface area contributed by atoms with Crippen LogP contribution in [0.2, 0.25) is 0 Å². The Morgan fingerprint density at radius 2 is 1.82 bits per heavy atom. The molecule has 0 aromatic rings. The van der Waals surface area contributed by atoms with Gasteiger partial charge in [0.1, 0.15) is 31.0 Å². The predicted molar refractivity (Wildman–Crippen MR) is 78.0 cm³/mol. The van der Waals surface area contributed by atoms with E-state index in [1.54, 1.807) is 13.8 Å². The monoisotopic (exact) mass is 320 g/mol. The lowest BCUT2D eigenvalue weighted by molar-refractivity contribution is -0.309. The van der Waals surface area contributed by atoms with Gasteiger partial charge in [-0.2, -0.15) is 0 Å². The summed E-state index contributed by atoms with van der Waals surface area (Å²) in [7, 11) is 0. The Kier molecular flexibility index (Phi) is 8.27. The Labute approximate surface area is 131 Å². The second-order valence-corrected chi connectivity index (χ2v) is 5.84. The molecule has 1 aliphatic rings. The van der Waals surface area contributed by atoms with Crippen LogP contribution in [-0.4, -0.2) is 64.7 Å². The highest BCUT2D eigenvalue weighted by Gasteiger charge is 2.45. The van der Waals surface area contributed by atoms with Gasteiger partial charge < -0.3 is 29.5 Å². The Balaban J connectivity index is 2.48. The number of rotatable bonds is 8. The maximum Gasteiger partial charge on any atom is 0.305 e. The van der Waals surface area contributed by atoms with Crippen LogP contribution in [0.5, 0.6) is 0 Å². The molecular formula is C15H28O7. The average molecular weight is 320 g/mol. The molecule has 0 radical (unpaired) electrons. The van der Waals surface area contributed by atoms with Gasteiger partial charge in [0.05, 0.1) is 6.10 Å². The van der Waals surface area contributed by atoms with E-state index in [2.05, 4.69) is 0 Å². The molecule has 0 aromatic heterocycles. The third-order valence-electron chi connectivity index (χ3n) is 3.47. The summed E-state index contributed by atoms with van der Waals surface area (Å²) in [4.78, 5) is 11.6. The smallest absolute Gasteiger partial charge is 0.305 e. The van der Waals surface area contributed by atoms with E-state index in [9.17, 15) is 20.1 Å². The number of aliphatic hydroxyl groups is 3. The molecule has 7 nitrogen and oxygen atoms in total. The first-order valence-corrected chi connectivity index (χ1v) is 7.87. The molecular weight excluding hydrogens is 292 g/mol. The van der Waals surface area contributed by atoms with Crippen LogP contribution in [0.1, 0.15) is 46.5 Å². The quantitative estimate of drug-likeness (QED) is 0.437. The van der Waals surface area contributed by atoms with Gasteiger partial charge in [0.2, 0.25) is 0 Å². The van der Waals surface area contributed by atoms with Crippen LogP contribution in [0.4, 0.5) is 0 Å². The summed E-state index contributed by atoms with van der Waals surface area (Å²) < 4.78 is 15.8. The normalized spacial score (nSPS) is 32.2. The van der Waals surface area contributed by atoms with Gasteiger partial charge in [-0.15, -0.1) is 0 Å². The molecule has 0 amide bonds. The third-order valence-corrected chi connectivity index (χ3v) is 3.47. The average Bonchev–Trinajstić information content (AvgIpc) is 2.46. The lowest BCUT2D eigenvalue weighted by Crippen LogP contribution is -2.59. The lowest BCUT2D eigenvalue weighted by atomic mass is 9.99. The van der Waals surface area contributed by atoms with E-state index in [0.717, 1.165) is 19.3 Å². The van der Waals surface area contributed by atoms with Crippen molar-refractivity contribution in [1.29, 1.82) is 0 Å². The maximum atomic E-state index is 11.6. The molecule has 130 valence electrons. The number of hydrogen-bond donors (Lipinski definition) is 3. The minimum absolute atomic E-state index is 0.187. The fraction of sp³-hybridized carbons (Fsp3) is 0.933. The van der Waals surface area contributed by atoms with Crippen LogP contribution in [0, 0.1) is 0 Å². The van der Waals surface area contributed by atoms with Crippen molar-refractivity contribution in [2.24, 2.45) is 0 Å². The molecule has 7 heteroatoms. The van der Waals surface area contributed by atoms with Crippen molar-refractivity contribution in [1.82, 2.24) is 0 Å². The third kappa shape index (κ3) is 5.81. The van der Waals surface area contributed by atoms with Crippen LogP contribution in [0.25, 0.3) is 0 Å². The first-order chi connectivity index (χ1) is 10.4. The van der Waals surface area contributed by atoms with Gasteiger partial charge in [0.25, 0.3) is 0 Å². The number of aliphatic hydroxyl groups excluding tert-OH is 3. The molecule has 22 heavy (non-hydrogen) atoms. The van der Waals surface area contributed by atoms with E-state index in [0.29, 0.717) is 6.42 Å². The Hall–Kier alpha value is -0.730. The Bertz CT molecular complexity index is 334. The van der Waals surface area contributed by atoms with Crippen LogP contribution < -0.4 is 0 Å². The van der Waals surface area contributed by atoms with Crippen molar-refractivity contribution in [3.05, 3.63) is 0 Å². The summed E-state index contributed by atoms with van der Waals surface area (Å²) >= 11 is 0. The van der Waals surface area contributed by atoms with E-state index < -0.39 is 30.7 Å². The highest BCUT2D eigenvalue weighted by Crippen LogP contribution is 2.23. The van der Waals surface area contributed by atoms with Crippen molar-refractivity contribution in [2.75, 3.05) is 6.61 Å². The Morgan fingerprint density at radius 3 is 2.41 bits per heavy atom. The van der Waals surface area contributed by atoms with Crippen molar-refractivity contribution in [3.8, 4) is 0 Å². The van der Waals surface area contributed by atoms with Crippen molar-refractivity contribution in [3.63, 3.8) is 0 Å². The van der Waals surface area contributed by atoms with Crippen LogP contribution in [0.3, 0.4) is 0 Å². The van der Waals surface area contributed by atoms with Gasteiger partial charge in [0, 0.05) is 6.42 Å². The summed E-state index contributed by atoms with van der Waals surface area (Å²) in [6.07, 6.45) is -3.31. The highest BCUT2D eigenvalue weighted by atomic mass is 16.7. The summed E-state index contributed by atoms with van der Waals surface area (Å²) in [5, 5.41) is 29.6. The number of carbonyl (C=O) groups is 1. The molecule has 0 aliphatic carbocycles. The molecule has 1 saturated heterocycles. The van der Waals surface area contributed by atoms with Crippen molar-refractivity contribution < 1.29 is 34.3 Å². The molecule has 1 aliphatic heterocycles. The second-order valence-electron chi connectivity index (χ2n) is 5.84. The van der Waals surface area contributed by atoms with E-state index in [1.165, 1.54) is 0 Å². The fourth-order valence-electron chi connectivity index (χ4n) is 2.20. The summed E-state index contributed by atoms with van der Waals surface area (Å²) in [6.45, 7) is 5.37. The van der Waals surface area contributed by atoms with E-state index in [4.69, 9.17) is 14.2 Å². The molecule has 3 N–H and O–H groups in total. The van der Waals surface area contributed by atoms with Gasteiger partial charge in [-0.25, -0.2) is 0 Å². The lowest BCUT2D eigenvalue weighted by Gasteiger charge is -2.40. The molecule has 0 spiro atoms. The molecule has 1 rings (SSSR count). The number of esters is 1. The Morgan fingerprint density at radius 1 is 1.14 bits per heavy atom. The number of carbonyl (C=O) groups excluding carboxylic acids is 1. The number of unbranched alkanes of at least 4 members (excludes halogenated alkanes) is 2. The zero-order chi connectivity index (χ0) is 16.7. The van der Waals surface area contributed by atoms with Gasteiger partial charge in [-0.1, -0.05) is 19.8 Å². The van der Waals surface area contributed by atoms with Crippen molar-refractivity contribution >= 4 is 5.97 Å². The molecule has 0 saturated carbocycles. The minimum atomic E-state index is -1.42. The van der Waals surface area contributed by atoms with Gasteiger partial charge >= 0.3 is 5.97 Å². The number of ether oxygens (including phenoxy) is 3. The number of hydrogen-bond acceptors (Lipinski definition) is 7. The van der Waals surface area contributed by atoms with Gasteiger partial charge in [0.15, 0.2) is 6.29 Å². The van der Waals surface area contributed by atoms with E-state index >= 15 is 0 Å². The first-order valence-electron chi connectivity index (χ1n) is 7.87. The van der Waals surface area contributed by atoms with E-state index in [1.807, 2.05) is 6.92 Å². The van der Waals surface area contributed by atoms with Crippen LogP contribution >= 0.6 is 0 Å². The zero-order valence-corrected chi connectivity index (χ0v) is 13.5. The topological polar surface area (TPSA) is 105 Å².